The van der Waals surface area contributed by atoms with Gasteiger partial charge in [0.1, 0.15) is 0 Å². The van der Waals surface area contributed by atoms with Crippen molar-refractivity contribution in [3.8, 4) is 0 Å². The van der Waals surface area contributed by atoms with Gasteiger partial charge >= 0.3 is 0 Å². The van der Waals surface area contributed by atoms with E-state index >= 15 is 0 Å². The van der Waals surface area contributed by atoms with Crippen molar-refractivity contribution in [2.75, 3.05) is 26.2 Å². The largest absolute Gasteiger partial charge is 0.339 e. The Hall–Kier alpha value is -0.610. The van der Waals surface area contributed by atoms with Gasteiger partial charge in [-0.2, -0.15) is 0 Å². The molecule has 0 bridgehead atoms. The minimum absolute atomic E-state index is 0.158. The molecule has 0 aromatic carbocycles. The van der Waals surface area contributed by atoms with Crippen molar-refractivity contribution < 1.29 is 4.79 Å². The zero-order valence-electron chi connectivity index (χ0n) is 9.48. The molecule has 2 fully saturated rings. The smallest absolute Gasteiger partial charge is 0.236 e. The summed E-state index contributed by atoms with van der Waals surface area (Å²) in [6.07, 6.45) is 3.51. The zero-order valence-corrected chi connectivity index (χ0v) is 9.48. The first-order valence-corrected chi connectivity index (χ1v) is 5.94. The monoisotopic (exact) mass is 211 g/mol. The quantitative estimate of drug-likeness (QED) is 0.716. The van der Waals surface area contributed by atoms with Crippen molar-refractivity contribution in [1.29, 1.82) is 0 Å². The molecule has 0 aromatic heterocycles. The predicted molar refractivity (Wildman–Crippen MR) is 59.4 cm³/mol. The van der Waals surface area contributed by atoms with Gasteiger partial charge < -0.3 is 10.6 Å². The SMILES string of the molecule is CC(N)CN1CCCN(C2CC2)C(=O)C1. The highest BCUT2D eigenvalue weighted by Crippen LogP contribution is 2.27. The Labute approximate surface area is 91.4 Å². The van der Waals surface area contributed by atoms with Gasteiger partial charge in [0.2, 0.25) is 5.91 Å². The van der Waals surface area contributed by atoms with Crippen molar-refractivity contribution in [3.63, 3.8) is 0 Å². The lowest BCUT2D eigenvalue weighted by Gasteiger charge is -2.22. The summed E-state index contributed by atoms with van der Waals surface area (Å²) in [5.41, 5.74) is 5.76. The Morgan fingerprint density at radius 2 is 2.20 bits per heavy atom. The zero-order chi connectivity index (χ0) is 10.8. The molecule has 15 heavy (non-hydrogen) atoms. The second-order valence-electron chi connectivity index (χ2n) is 4.88. The molecule has 1 heterocycles. The Morgan fingerprint density at radius 3 is 2.80 bits per heavy atom. The van der Waals surface area contributed by atoms with Crippen LogP contribution in [-0.2, 0) is 4.79 Å². The summed E-state index contributed by atoms with van der Waals surface area (Å²) < 4.78 is 0. The number of nitrogens with zero attached hydrogens (tertiary/aromatic N) is 2. The predicted octanol–water partition coefficient (Wildman–Crippen LogP) is 0.0303. The molecule has 2 N–H and O–H groups in total. The number of hydrogen-bond donors (Lipinski definition) is 1. The van der Waals surface area contributed by atoms with E-state index in [0.29, 0.717) is 18.5 Å². The van der Waals surface area contributed by atoms with Gasteiger partial charge in [0.05, 0.1) is 6.54 Å². The van der Waals surface area contributed by atoms with E-state index in [4.69, 9.17) is 5.73 Å². The summed E-state index contributed by atoms with van der Waals surface area (Å²) in [7, 11) is 0. The topological polar surface area (TPSA) is 49.6 Å². The summed E-state index contributed by atoms with van der Waals surface area (Å²) in [6.45, 7) is 5.35. The van der Waals surface area contributed by atoms with Gasteiger partial charge in [0.25, 0.3) is 0 Å². The number of rotatable bonds is 3. The Kier molecular flexibility index (Phi) is 3.26. The number of amides is 1. The maximum absolute atomic E-state index is 11.9. The Morgan fingerprint density at radius 1 is 1.47 bits per heavy atom. The summed E-state index contributed by atoms with van der Waals surface area (Å²) >= 11 is 0. The number of carbonyl (C=O) groups excluding carboxylic acids is 1. The van der Waals surface area contributed by atoms with E-state index in [1.54, 1.807) is 0 Å². The van der Waals surface area contributed by atoms with E-state index in [1.807, 2.05) is 6.92 Å². The highest BCUT2D eigenvalue weighted by molar-refractivity contribution is 5.79. The fourth-order valence-electron chi connectivity index (χ4n) is 2.29. The van der Waals surface area contributed by atoms with Crippen molar-refractivity contribution >= 4 is 5.91 Å². The summed E-state index contributed by atoms with van der Waals surface area (Å²) in [5, 5.41) is 0. The molecule has 0 spiro atoms. The molecule has 1 amide bonds. The van der Waals surface area contributed by atoms with Crippen LogP contribution in [0.2, 0.25) is 0 Å². The fraction of sp³-hybridized carbons (Fsp3) is 0.909. The van der Waals surface area contributed by atoms with Crippen LogP contribution in [0.4, 0.5) is 0 Å². The van der Waals surface area contributed by atoms with Crippen LogP contribution in [0, 0.1) is 0 Å². The van der Waals surface area contributed by atoms with E-state index in [2.05, 4.69) is 9.80 Å². The van der Waals surface area contributed by atoms with Gasteiger partial charge in [-0.25, -0.2) is 0 Å². The lowest BCUT2D eigenvalue weighted by molar-refractivity contribution is -0.131. The third-order valence-electron chi connectivity index (χ3n) is 3.09. The van der Waals surface area contributed by atoms with Crippen LogP contribution in [0.15, 0.2) is 0 Å². The molecule has 4 heteroatoms. The average molecular weight is 211 g/mol. The summed E-state index contributed by atoms with van der Waals surface area (Å²) in [5.74, 6) is 0.302. The highest BCUT2D eigenvalue weighted by Gasteiger charge is 2.34. The van der Waals surface area contributed by atoms with Crippen LogP contribution in [0.5, 0.6) is 0 Å². The van der Waals surface area contributed by atoms with Crippen molar-refractivity contribution in [2.24, 2.45) is 5.73 Å². The van der Waals surface area contributed by atoms with Crippen LogP contribution in [0.25, 0.3) is 0 Å². The minimum Gasteiger partial charge on any atom is -0.339 e. The first kappa shape index (κ1) is 10.9. The molecule has 2 aliphatic rings. The maximum Gasteiger partial charge on any atom is 0.236 e. The summed E-state index contributed by atoms with van der Waals surface area (Å²) in [4.78, 5) is 16.2. The molecule has 86 valence electrons. The molecule has 4 nitrogen and oxygen atoms in total. The van der Waals surface area contributed by atoms with E-state index in [0.717, 1.165) is 26.1 Å². The minimum atomic E-state index is 0.158. The maximum atomic E-state index is 11.9. The van der Waals surface area contributed by atoms with Crippen molar-refractivity contribution in [2.45, 2.75) is 38.3 Å². The van der Waals surface area contributed by atoms with Crippen molar-refractivity contribution in [1.82, 2.24) is 9.80 Å². The molecule has 1 aliphatic heterocycles. The van der Waals surface area contributed by atoms with Gasteiger partial charge in [0.15, 0.2) is 0 Å². The van der Waals surface area contributed by atoms with Crippen molar-refractivity contribution in [3.05, 3.63) is 0 Å². The molecule has 0 aromatic rings. The van der Waals surface area contributed by atoms with Crippen LogP contribution < -0.4 is 5.73 Å². The molecule has 1 saturated carbocycles. The van der Waals surface area contributed by atoms with Gasteiger partial charge in [-0.15, -0.1) is 0 Å². The van der Waals surface area contributed by atoms with E-state index in [9.17, 15) is 4.79 Å². The number of nitrogens with two attached hydrogens (primary N) is 1. The van der Waals surface area contributed by atoms with Gasteiger partial charge in [-0.1, -0.05) is 0 Å². The third kappa shape index (κ3) is 2.92. The Balaban J connectivity index is 1.89. The van der Waals surface area contributed by atoms with Gasteiger partial charge in [-0.05, 0) is 26.2 Å². The average Bonchev–Trinajstić information content (AvgIpc) is 2.91. The molecule has 2 rings (SSSR count). The Bertz CT molecular complexity index is 238. The van der Waals surface area contributed by atoms with E-state index in [-0.39, 0.29) is 6.04 Å². The first-order chi connectivity index (χ1) is 7.16. The van der Waals surface area contributed by atoms with E-state index in [1.165, 1.54) is 12.8 Å². The fourth-order valence-corrected chi connectivity index (χ4v) is 2.29. The van der Waals surface area contributed by atoms with E-state index < -0.39 is 0 Å². The van der Waals surface area contributed by atoms with Crippen LogP contribution in [0.1, 0.15) is 26.2 Å². The lowest BCUT2D eigenvalue weighted by atomic mass is 10.3. The second-order valence-corrected chi connectivity index (χ2v) is 4.88. The standard InChI is InChI=1S/C11H21N3O/c1-9(12)7-13-5-2-6-14(10-3-4-10)11(15)8-13/h9-10H,2-8,12H2,1H3. The van der Waals surface area contributed by atoms with Crippen LogP contribution >= 0.6 is 0 Å². The number of carbonyl (C=O) groups is 1. The molecule has 1 aliphatic carbocycles. The molecule has 1 unspecified atom stereocenters. The van der Waals surface area contributed by atoms with Crippen LogP contribution in [-0.4, -0.2) is 54.0 Å². The molecule has 0 radical (unpaired) electrons. The molecule has 1 atom stereocenters. The van der Waals surface area contributed by atoms with Crippen LogP contribution in [0.3, 0.4) is 0 Å². The summed E-state index contributed by atoms with van der Waals surface area (Å²) in [6, 6.07) is 0.720. The molecule has 1 saturated heterocycles. The normalized spacial score (nSPS) is 26.5. The second kappa shape index (κ2) is 4.49. The third-order valence-corrected chi connectivity index (χ3v) is 3.09. The molecular formula is C11H21N3O. The number of hydrogen-bond acceptors (Lipinski definition) is 3. The first-order valence-electron chi connectivity index (χ1n) is 5.94. The molecular weight excluding hydrogens is 190 g/mol. The van der Waals surface area contributed by atoms with Gasteiger partial charge in [0, 0.05) is 31.7 Å². The lowest BCUT2D eigenvalue weighted by Crippen LogP contribution is -2.41. The van der Waals surface area contributed by atoms with Gasteiger partial charge in [-0.3, -0.25) is 9.69 Å². The highest BCUT2D eigenvalue weighted by atomic mass is 16.2.